The summed E-state index contributed by atoms with van der Waals surface area (Å²) in [5.41, 5.74) is 0.988. The van der Waals surface area contributed by atoms with Gasteiger partial charge in [-0.2, -0.15) is 0 Å². The Morgan fingerprint density at radius 1 is 1.12 bits per heavy atom. The molecule has 0 bridgehead atoms. The minimum Gasteiger partial charge on any atom is -0.490 e. The van der Waals surface area contributed by atoms with Gasteiger partial charge in [0, 0.05) is 18.0 Å². The van der Waals surface area contributed by atoms with Crippen LogP contribution in [0.5, 0.6) is 11.5 Å². The highest BCUT2D eigenvalue weighted by atomic mass is 16.5. The zero-order valence-corrected chi connectivity index (χ0v) is 10.1. The number of ether oxygens (including phenoxy) is 2. The lowest BCUT2D eigenvalue weighted by Crippen LogP contribution is -1.98. The maximum atomic E-state index is 5.56. The molecule has 0 unspecified atom stereocenters. The first-order valence-electron chi connectivity index (χ1n) is 5.74. The second kappa shape index (κ2) is 5.39. The fourth-order valence-corrected chi connectivity index (χ4v) is 1.62. The van der Waals surface area contributed by atoms with Crippen molar-refractivity contribution in [1.29, 1.82) is 0 Å². The first-order chi connectivity index (χ1) is 8.35. The smallest absolute Gasteiger partial charge is 0.161 e. The largest absolute Gasteiger partial charge is 0.490 e. The van der Waals surface area contributed by atoms with E-state index in [2.05, 4.69) is 9.97 Å². The molecule has 90 valence electrons. The summed E-state index contributed by atoms with van der Waals surface area (Å²) in [6, 6.07) is 5.81. The summed E-state index contributed by atoms with van der Waals surface area (Å²) < 4.78 is 11.1. The van der Waals surface area contributed by atoms with Gasteiger partial charge in [-0.3, -0.25) is 0 Å². The van der Waals surface area contributed by atoms with Gasteiger partial charge >= 0.3 is 0 Å². The Hall–Kier alpha value is -1.97. The van der Waals surface area contributed by atoms with Crippen molar-refractivity contribution in [1.82, 2.24) is 9.97 Å². The Morgan fingerprint density at radius 2 is 1.88 bits per heavy atom. The van der Waals surface area contributed by atoms with Gasteiger partial charge in [0.05, 0.1) is 13.2 Å². The topological polar surface area (TPSA) is 47.1 Å². The van der Waals surface area contributed by atoms with E-state index in [-0.39, 0.29) is 0 Å². The number of nitrogens with one attached hydrogen (secondary N) is 1. The third-order valence-corrected chi connectivity index (χ3v) is 2.32. The van der Waals surface area contributed by atoms with Crippen LogP contribution in [0.4, 0.5) is 0 Å². The van der Waals surface area contributed by atoms with Crippen LogP contribution in [0.2, 0.25) is 0 Å². The van der Waals surface area contributed by atoms with E-state index in [4.69, 9.17) is 9.47 Å². The summed E-state index contributed by atoms with van der Waals surface area (Å²) in [6.45, 7) is 5.15. The second-order valence-corrected chi connectivity index (χ2v) is 3.47. The van der Waals surface area contributed by atoms with Gasteiger partial charge in [-0.05, 0) is 32.0 Å². The highest BCUT2D eigenvalue weighted by Gasteiger charge is 2.08. The Morgan fingerprint density at radius 3 is 2.53 bits per heavy atom. The maximum Gasteiger partial charge on any atom is 0.161 e. The van der Waals surface area contributed by atoms with E-state index in [1.165, 1.54) is 0 Å². The van der Waals surface area contributed by atoms with Crippen LogP contribution < -0.4 is 9.47 Å². The van der Waals surface area contributed by atoms with Crippen molar-refractivity contribution in [3.63, 3.8) is 0 Å². The zero-order valence-electron chi connectivity index (χ0n) is 10.1. The van der Waals surface area contributed by atoms with E-state index in [9.17, 15) is 0 Å². The van der Waals surface area contributed by atoms with E-state index in [0.717, 1.165) is 22.9 Å². The quantitative estimate of drug-likeness (QED) is 0.862. The third-order valence-electron chi connectivity index (χ3n) is 2.32. The summed E-state index contributed by atoms with van der Waals surface area (Å²) in [7, 11) is 0. The van der Waals surface area contributed by atoms with Crippen LogP contribution in [0.3, 0.4) is 0 Å². The molecule has 0 saturated carbocycles. The molecule has 2 aromatic rings. The first kappa shape index (κ1) is 11.5. The normalized spacial score (nSPS) is 10.2. The van der Waals surface area contributed by atoms with Gasteiger partial charge in [-0.1, -0.05) is 0 Å². The molecule has 0 spiro atoms. The summed E-state index contributed by atoms with van der Waals surface area (Å²) in [5.74, 6) is 2.35. The average molecular weight is 232 g/mol. The monoisotopic (exact) mass is 232 g/mol. The summed E-state index contributed by atoms with van der Waals surface area (Å²) in [5, 5.41) is 0. The number of aromatic amines is 1. The molecule has 0 saturated heterocycles. The number of hydrogen-bond donors (Lipinski definition) is 1. The molecular formula is C13H16N2O2. The van der Waals surface area contributed by atoms with Crippen LogP contribution in [-0.4, -0.2) is 23.2 Å². The van der Waals surface area contributed by atoms with Crippen LogP contribution in [0.15, 0.2) is 30.6 Å². The van der Waals surface area contributed by atoms with Crippen molar-refractivity contribution in [2.24, 2.45) is 0 Å². The van der Waals surface area contributed by atoms with Crippen molar-refractivity contribution < 1.29 is 9.47 Å². The van der Waals surface area contributed by atoms with E-state index in [1.54, 1.807) is 12.4 Å². The van der Waals surface area contributed by atoms with Gasteiger partial charge < -0.3 is 14.5 Å². The van der Waals surface area contributed by atoms with Crippen molar-refractivity contribution in [3.8, 4) is 22.9 Å². The summed E-state index contributed by atoms with van der Waals surface area (Å²) in [6.07, 6.45) is 3.53. The molecule has 4 nitrogen and oxygen atoms in total. The van der Waals surface area contributed by atoms with Crippen LogP contribution in [0, 0.1) is 0 Å². The van der Waals surface area contributed by atoms with Crippen molar-refractivity contribution in [2.75, 3.05) is 13.2 Å². The minimum atomic E-state index is 0.613. The van der Waals surface area contributed by atoms with Gasteiger partial charge in [0.1, 0.15) is 5.82 Å². The number of nitrogens with zero attached hydrogens (tertiary/aromatic N) is 1. The SMILES string of the molecule is CCOc1ccc(-c2ncc[nH]2)cc1OCC. The predicted octanol–water partition coefficient (Wildman–Crippen LogP) is 2.87. The molecule has 1 aromatic heterocycles. The maximum absolute atomic E-state index is 5.56. The number of imidazole rings is 1. The van der Waals surface area contributed by atoms with Gasteiger partial charge in [0.2, 0.25) is 0 Å². The Bertz CT molecular complexity index is 466. The van der Waals surface area contributed by atoms with Crippen LogP contribution in [-0.2, 0) is 0 Å². The van der Waals surface area contributed by atoms with Crippen molar-refractivity contribution in [2.45, 2.75) is 13.8 Å². The first-order valence-corrected chi connectivity index (χ1v) is 5.74. The van der Waals surface area contributed by atoms with Crippen LogP contribution in [0.25, 0.3) is 11.4 Å². The fraction of sp³-hybridized carbons (Fsp3) is 0.308. The number of rotatable bonds is 5. The summed E-state index contributed by atoms with van der Waals surface area (Å²) in [4.78, 5) is 7.28. The molecule has 0 fully saturated rings. The summed E-state index contributed by atoms with van der Waals surface area (Å²) >= 11 is 0. The Balaban J connectivity index is 2.34. The molecule has 0 amide bonds. The fourth-order valence-electron chi connectivity index (χ4n) is 1.62. The molecule has 0 radical (unpaired) electrons. The zero-order chi connectivity index (χ0) is 12.1. The number of H-pyrrole nitrogens is 1. The third kappa shape index (κ3) is 2.58. The lowest BCUT2D eigenvalue weighted by Gasteiger charge is -2.11. The van der Waals surface area contributed by atoms with Gasteiger partial charge in [0.15, 0.2) is 11.5 Å². The Labute approximate surface area is 101 Å². The molecule has 4 heteroatoms. The molecule has 0 aliphatic rings. The predicted molar refractivity (Wildman–Crippen MR) is 66.4 cm³/mol. The molecule has 0 aliphatic heterocycles. The highest BCUT2D eigenvalue weighted by Crippen LogP contribution is 2.31. The van der Waals surface area contributed by atoms with Gasteiger partial charge in [0.25, 0.3) is 0 Å². The Kier molecular flexibility index (Phi) is 3.65. The molecule has 0 aliphatic carbocycles. The van der Waals surface area contributed by atoms with E-state index < -0.39 is 0 Å². The number of aromatic nitrogens is 2. The molecule has 17 heavy (non-hydrogen) atoms. The molecule has 1 N–H and O–H groups in total. The van der Waals surface area contributed by atoms with Gasteiger partial charge in [-0.15, -0.1) is 0 Å². The second-order valence-electron chi connectivity index (χ2n) is 3.47. The number of hydrogen-bond acceptors (Lipinski definition) is 3. The molecule has 2 rings (SSSR count). The number of benzene rings is 1. The van der Waals surface area contributed by atoms with E-state index in [0.29, 0.717) is 13.2 Å². The molecule has 0 atom stereocenters. The van der Waals surface area contributed by atoms with Crippen LogP contribution in [0.1, 0.15) is 13.8 Å². The van der Waals surface area contributed by atoms with E-state index >= 15 is 0 Å². The highest BCUT2D eigenvalue weighted by molar-refractivity contribution is 5.61. The standard InChI is InChI=1S/C13H16N2O2/c1-3-16-11-6-5-10(9-12(11)17-4-2)13-14-7-8-15-13/h5-9H,3-4H2,1-2H3,(H,14,15). The van der Waals surface area contributed by atoms with Crippen molar-refractivity contribution >= 4 is 0 Å². The lowest BCUT2D eigenvalue weighted by molar-refractivity contribution is 0.288. The molecule has 1 aromatic carbocycles. The van der Waals surface area contributed by atoms with Crippen molar-refractivity contribution in [3.05, 3.63) is 30.6 Å². The lowest BCUT2D eigenvalue weighted by atomic mass is 10.2. The van der Waals surface area contributed by atoms with E-state index in [1.807, 2.05) is 32.0 Å². The van der Waals surface area contributed by atoms with Crippen LogP contribution >= 0.6 is 0 Å². The minimum absolute atomic E-state index is 0.613. The molecular weight excluding hydrogens is 216 g/mol. The van der Waals surface area contributed by atoms with Gasteiger partial charge in [-0.25, -0.2) is 4.98 Å². The average Bonchev–Trinajstić information content (AvgIpc) is 2.85. The molecule has 1 heterocycles.